The molecule has 0 atom stereocenters. The second-order valence-corrected chi connectivity index (χ2v) is 3.50. The second kappa shape index (κ2) is 4.31. The van der Waals surface area contributed by atoms with E-state index in [2.05, 4.69) is 45.1 Å². The lowest BCUT2D eigenvalue weighted by Crippen LogP contribution is -2.03. The van der Waals surface area contributed by atoms with Crippen molar-refractivity contribution in [1.82, 2.24) is 0 Å². The van der Waals surface area contributed by atoms with Gasteiger partial charge >= 0.3 is 0 Å². The van der Waals surface area contributed by atoms with Gasteiger partial charge in [0.05, 0.1) is 0 Å². The first-order valence-corrected chi connectivity index (χ1v) is 5.03. The van der Waals surface area contributed by atoms with Crippen molar-refractivity contribution < 1.29 is 0 Å². The standard InChI is InChI=1S/C12H19N/c1-5-11-8-9(3)7-10(4)12(11)13-6-2/h7-8,13H,5-6H2,1-4H3. The predicted octanol–water partition coefficient (Wildman–Crippen LogP) is 3.30. The van der Waals surface area contributed by atoms with Crippen LogP contribution < -0.4 is 5.32 Å². The van der Waals surface area contributed by atoms with Crippen LogP contribution in [0.4, 0.5) is 5.69 Å². The van der Waals surface area contributed by atoms with E-state index in [1.807, 2.05) is 0 Å². The largest absolute Gasteiger partial charge is 0.385 e. The first kappa shape index (κ1) is 10.1. The van der Waals surface area contributed by atoms with Gasteiger partial charge in [0.2, 0.25) is 0 Å². The van der Waals surface area contributed by atoms with E-state index >= 15 is 0 Å². The Morgan fingerprint density at radius 1 is 1.15 bits per heavy atom. The molecule has 0 aliphatic carbocycles. The first-order chi connectivity index (χ1) is 6.19. The number of anilines is 1. The third kappa shape index (κ3) is 2.24. The Labute approximate surface area is 81.2 Å². The molecule has 0 bridgehead atoms. The molecule has 0 spiro atoms. The lowest BCUT2D eigenvalue weighted by Gasteiger charge is -2.13. The zero-order valence-corrected chi connectivity index (χ0v) is 9.07. The van der Waals surface area contributed by atoms with Gasteiger partial charge in [-0.05, 0) is 38.3 Å². The fourth-order valence-electron chi connectivity index (χ4n) is 1.76. The third-order valence-corrected chi connectivity index (χ3v) is 2.30. The number of hydrogen-bond donors (Lipinski definition) is 1. The molecule has 0 radical (unpaired) electrons. The van der Waals surface area contributed by atoms with Crippen molar-refractivity contribution in [3.05, 3.63) is 28.8 Å². The van der Waals surface area contributed by atoms with E-state index in [9.17, 15) is 0 Å². The summed E-state index contributed by atoms with van der Waals surface area (Å²) in [6, 6.07) is 4.50. The van der Waals surface area contributed by atoms with E-state index in [0.29, 0.717) is 0 Å². The molecule has 1 heteroatoms. The molecule has 0 fully saturated rings. The molecule has 0 amide bonds. The summed E-state index contributed by atoms with van der Waals surface area (Å²) in [5.41, 5.74) is 5.48. The van der Waals surface area contributed by atoms with Gasteiger partial charge in [0.25, 0.3) is 0 Å². The van der Waals surface area contributed by atoms with E-state index in [4.69, 9.17) is 0 Å². The highest BCUT2D eigenvalue weighted by Crippen LogP contribution is 2.22. The summed E-state index contributed by atoms with van der Waals surface area (Å²) in [6.07, 6.45) is 1.10. The molecule has 0 unspecified atom stereocenters. The Bertz CT molecular complexity index is 289. The van der Waals surface area contributed by atoms with Gasteiger partial charge in [-0.3, -0.25) is 0 Å². The van der Waals surface area contributed by atoms with Gasteiger partial charge in [-0.1, -0.05) is 24.6 Å². The van der Waals surface area contributed by atoms with Crippen LogP contribution in [-0.2, 0) is 6.42 Å². The quantitative estimate of drug-likeness (QED) is 0.747. The minimum Gasteiger partial charge on any atom is -0.385 e. The number of benzene rings is 1. The zero-order chi connectivity index (χ0) is 9.84. The number of nitrogens with one attached hydrogen (secondary N) is 1. The average Bonchev–Trinajstić information content (AvgIpc) is 2.09. The second-order valence-electron chi connectivity index (χ2n) is 3.50. The molecule has 0 heterocycles. The van der Waals surface area contributed by atoms with Crippen LogP contribution in [0.5, 0.6) is 0 Å². The molecule has 0 aromatic heterocycles. The van der Waals surface area contributed by atoms with Gasteiger partial charge in [-0.2, -0.15) is 0 Å². The maximum Gasteiger partial charge on any atom is 0.0402 e. The van der Waals surface area contributed by atoms with E-state index in [1.165, 1.54) is 22.4 Å². The van der Waals surface area contributed by atoms with Crippen molar-refractivity contribution in [3.8, 4) is 0 Å². The van der Waals surface area contributed by atoms with Crippen molar-refractivity contribution in [2.45, 2.75) is 34.1 Å². The Morgan fingerprint density at radius 3 is 2.38 bits per heavy atom. The maximum atomic E-state index is 3.42. The lowest BCUT2D eigenvalue weighted by molar-refractivity contribution is 1.09. The van der Waals surface area contributed by atoms with Crippen LogP contribution >= 0.6 is 0 Å². The van der Waals surface area contributed by atoms with Crippen molar-refractivity contribution in [2.75, 3.05) is 11.9 Å². The molecule has 1 aromatic rings. The van der Waals surface area contributed by atoms with Crippen LogP contribution in [0.2, 0.25) is 0 Å². The summed E-state index contributed by atoms with van der Waals surface area (Å²) < 4.78 is 0. The van der Waals surface area contributed by atoms with Gasteiger partial charge in [0, 0.05) is 12.2 Å². The topological polar surface area (TPSA) is 12.0 Å². The molecule has 1 rings (SSSR count). The molecule has 0 aliphatic rings. The van der Waals surface area contributed by atoms with Crippen LogP contribution in [0, 0.1) is 13.8 Å². The molecule has 0 aliphatic heterocycles. The van der Waals surface area contributed by atoms with Crippen molar-refractivity contribution in [3.63, 3.8) is 0 Å². The molecule has 72 valence electrons. The summed E-state index contributed by atoms with van der Waals surface area (Å²) in [7, 11) is 0. The molecule has 1 aromatic carbocycles. The Hall–Kier alpha value is -0.980. The summed E-state index contributed by atoms with van der Waals surface area (Å²) in [5, 5.41) is 3.42. The van der Waals surface area contributed by atoms with Crippen molar-refractivity contribution in [1.29, 1.82) is 0 Å². The molecule has 0 saturated heterocycles. The number of hydrogen-bond acceptors (Lipinski definition) is 1. The highest BCUT2D eigenvalue weighted by atomic mass is 14.9. The number of rotatable bonds is 3. The first-order valence-electron chi connectivity index (χ1n) is 5.03. The highest BCUT2D eigenvalue weighted by molar-refractivity contribution is 5.58. The van der Waals surface area contributed by atoms with Crippen molar-refractivity contribution in [2.24, 2.45) is 0 Å². The Balaban J connectivity index is 3.13. The molecular formula is C12H19N. The average molecular weight is 177 g/mol. The summed E-state index contributed by atoms with van der Waals surface area (Å²) in [4.78, 5) is 0. The molecule has 13 heavy (non-hydrogen) atoms. The zero-order valence-electron chi connectivity index (χ0n) is 9.07. The lowest BCUT2D eigenvalue weighted by atomic mass is 10.0. The van der Waals surface area contributed by atoms with E-state index in [-0.39, 0.29) is 0 Å². The smallest absolute Gasteiger partial charge is 0.0402 e. The Kier molecular flexibility index (Phi) is 3.35. The van der Waals surface area contributed by atoms with Crippen LogP contribution in [0.1, 0.15) is 30.5 Å². The fraction of sp³-hybridized carbons (Fsp3) is 0.500. The molecule has 1 nitrogen and oxygen atoms in total. The van der Waals surface area contributed by atoms with Gasteiger partial charge in [-0.25, -0.2) is 0 Å². The van der Waals surface area contributed by atoms with Gasteiger partial charge < -0.3 is 5.32 Å². The predicted molar refractivity (Wildman–Crippen MR) is 59.5 cm³/mol. The van der Waals surface area contributed by atoms with E-state index in [1.54, 1.807) is 0 Å². The van der Waals surface area contributed by atoms with Gasteiger partial charge in [-0.15, -0.1) is 0 Å². The summed E-state index contributed by atoms with van der Waals surface area (Å²) >= 11 is 0. The van der Waals surface area contributed by atoms with E-state index < -0.39 is 0 Å². The molecular weight excluding hydrogens is 158 g/mol. The maximum absolute atomic E-state index is 3.42. The molecule has 0 saturated carbocycles. The van der Waals surface area contributed by atoms with Crippen LogP contribution in [0.15, 0.2) is 12.1 Å². The van der Waals surface area contributed by atoms with Gasteiger partial charge in [0.15, 0.2) is 0 Å². The minimum absolute atomic E-state index is 0.997. The highest BCUT2D eigenvalue weighted by Gasteiger charge is 2.03. The summed E-state index contributed by atoms with van der Waals surface area (Å²) in [6.45, 7) is 9.66. The Morgan fingerprint density at radius 2 is 1.85 bits per heavy atom. The van der Waals surface area contributed by atoms with Gasteiger partial charge in [0.1, 0.15) is 0 Å². The summed E-state index contributed by atoms with van der Waals surface area (Å²) in [5.74, 6) is 0. The number of aryl methyl sites for hydroxylation is 3. The van der Waals surface area contributed by atoms with Crippen LogP contribution in [0.3, 0.4) is 0 Å². The van der Waals surface area contributed by atoms with Crippen molar-refractivity contribution >= 4 is 5.69 Å². The SMILES string of the molecule is CCNc1c(C)cc(C)cc1CC. The normalized spacial score (nSPS) is 10.2. The van der Waals surface area contributed by atoms with Crippen LogP contribution in [0.25, 0.3) is 0 Å². The van der Waals surface area contributed by atoms with E-state index in [0.717, 1.165) is 13.0 Å². The fourth-order valence-corrected chi connectivity index (χ4v) is 1.76. The third-order valence-electron chi connectivity index (χ3n) is 2.30. The minimum atomic E-state index is 0.997. The monoisotopic (exact) mass is 177 g/mol. The molecule has 1 N–H and O–H groups in total. The van der Waals surface area contributed by atoms with Crippen LogP contribution in [-0.4, -0.2) is 6.54 Å².